The Morgan fingerprint density at radius 1 is 1.15 bits per heavy atom. The van der Waals surface area contributed by atoms with Gasteiger partial charge in [-0.1, -0.05) is 0 Å². The third-order valence-corrected chi connectivity index (χ3v) is 6.96. The van der Waals surface area contributed by atoms with E-state index in [2.05, 4.69) is 0 Å². The Labute approximate surface area is 122 Å². The van der Waals surface area contributed by atoms with Gasteiger partial charge in [-0.05, 0) is 20.4 Å². The van der Waals surface area contributed by atoms with E-state index in [4.69, 9.17) is 0 Å². The zero-order valence-corrected chi connectivity index (χ0v) is 14.2. The lowest BCUT2D eigenvalue weighted by Gasteiger charge is -2.26. The van der Waals surface area contributed by atoms with E-state index >= 15 is 0 Å². The van der Waals surface area contributed by atoms with Crippen molar-refractivity contribution >= 4 is 20.0 Å². The first-order chi connectivity index (χ1) is 9.08. The van der Waals surface area contributed by atoms with Gasteiger partial charge >= 0.3 is 0 Å². The van der Waals surface area contributed by atoms with Crippen LogP contribution in [0.1, 0.15) is 13.3 Å². The standard InChI is InChI=1S/C11H25N3O4S2/c1-5-20(17,18)13(3)9-8-12(2)11-6-7-14(10-11)19(4,15)16/h11H,5-10H2,1-4H3/t11-/m1/s1. The lowest BCUT2D eigenvalue weighted by atomic mass is 10.2. The number of sulfonamides is 2. The Kier molecular flexibility index (Phi) is 5.97. The summed E-state index contributed by atoms with van der Waals surface area (Å²) in [5.41, 5.74) is 0. The van der Waals surface area contributed by atoms with Crippen molar-refractivity contribution in [3.63, 3.8) is 0 Å². The number of hydrogen-bond donors (Lipinski definition) is 0. The molecule has 1 aliphatic heterocycles. The van der Waals surface area contributed by atoms with Crippen LogP contribution >= 0.6 is 0 Å². The highest BCUT2D eigenvalue weighted by Gasteiger charge is 2.30. The molecular weight excluding hydrogens is 302 g/mol. The van der Waals surface area contributed by atoms with Crippen LogP contribution in [0.3, 0.4) is 0 Å². The van der Waals surface area contributed by atoms with Crippen molar-refractivity contribution in [1.29, 1.82) is 0 Å². The fourth-order valence-corrected chi connectivity index (χ4v) is 3.89. The van der Waals surface area contributed by atoms with Crippen LogP contribution in [0.2, 0.25) is 0 Å². The molecule has 1 fully saturated rings. The topological polar surface area (TPSA) is 78.0 Å². The average Bonchev–Trinajstić information content (AvgIpc) is 2.84. The maximum atomic E-state index is 11.6. The summed E-state index contributed by atoms with van der Waals surface area (Å²) >= 11 is 0. The van der Waals surface area contributed by atoms with E-state index in [1.807, 2.05) is 11.9 Å². The van der Waals surface area contributed by atoms with E-state index in [1.54, 1.807) is 14.0 Å². The number of likely N-dealkylation sites (N-methyl/N-ethyl adjacent to an activating group) is 2. The molecule has 7 nitrogen and oxygen atoms in total. The average molecular weight is 327 g/mol. The molecule has 1 saturated heterocycles. The van der Waals surface area contributed by atoms with Gasteiger partial charge in [-0.3, -0.25) is 0 Å². The molecule has 0 radical (unpaired) electrons. The summed E-state index contributed by atoms with van der Waals surface area (Å²) in [6.45, 7) is 3.66. The van der Waals surface area contributed by atoms with E-state index in [-0.39, 0.29) is 11.8 Å². The molecule has 0 aromatic heterocycles. The second-order valence-electron chi connectivity index (χ2n) is 5.27. The predicted molar refractivity (Wildman–Crippen MR) is 79.5 cm³/mol. The number of nitrogens with zero attached hydrogens (tertiary/aromatic N) is 3. The van der Waals surface area contributed by atoms with Crippen LogP contribution < -0.4 is 0 Å². The van der Waals surface area contributed by atoms with Gasteiger partial charge in [0.05, 0.1) is 12.0 Å². The molecule has 20 heavy (non-hydrogen) atoms. The fraction of sp³-hybridized carbons (Fsp3) is 1.00. The minimum absolute atomic E-state index is 0.0957. The third-order valence-electron chi connectivity index (χ3n) is 3.83. The molecule has 0 bridgehead atoms. The van der Waals surface area contributed by atoms with Gasteiger partial charge in [0.1, 0.15) is 0 Å². The minimum atomic E-state index is -3.15. The summed E-state index contributed by atoms with van der Waals surface area (Å²) in [6.07, 6.45) is 2.00. The van der Waals surface area contributed by atoms with Gasteiger partial charge in [-0.15, -0.1) is 0 Å². The van der Waals surface area contributed by atoms with Gasteiger partial charge in [0.15, 0.2) is 0 Å². The lowest BCUT2D eigenvalue weighted by molar-refractivity contribution is 0.237. The van der Waals surface area contributed by atoms with Gasteiger partial charge in [0.25, 0.3) is 0 Å². The number of rotatable bonds is 7. The van der Waals surface area contributed by atoms with E-state index in [1.165, 1.54) is 14.9 Å². The van der Waals surface area contributed by atoms with Crippen molar-refractivity contribution in [3.05, 3.63) is 0 Å². The Bertz CT molecular complexity index is 518. The molecule has 0 unspecified atom stereocenters. The Morgan fingerprint density at radius 3 is 2.20 bits per heavy atom. The van der Waals surface area contributed by atoms with Gasteiger partial charge in [0.2, 0.25) is 20.0 Å². The smallest absolute Gasteiger partial charge is 0.213 e. The summed E-state index contributed by atoms with van der Waals surface area (Å²) in [7, 11) is -2.80. The van der Waals surface area contributed by atoms with Crippen molar-refractivity contribution in [2.45, 2.75) is 19.4 Å². The third kappa shape index (κ3) is 4.66. The van der Waals surface area contributed by atoms with E-state index in [0.29, 0.717) is 26.2 Å². The highest BCUT2D eigenvalue weighted by Crippen LogP contribution is 2.16. The van der Waals surface area contributed by atoms with Crippen molar-refractivity contribution in [1.82, 2.24) is 13.5 Å². The summed E-state index contributed by atoms with van der Waals surface area (Å²) in [5, 5.41) is 0. The highest BCUT2D eigenvalue weighted by molar-refractivity contribution is 7.89. The van der Waals surface area contributed by atoms with Crippen LogP contribution in [0.25, 0.3) is 0 Å². The summed E-state index contributed by atoms with van der Waals surface area (Å²) < 4.78 is 49.0. The molecule has 1 rings (SSSR count). The largest absolute Gasteiger partial charge is 0.301 e. The van der Waals surface area contributed by atoms with Crippen LogP contribution in [0.5, 0.6) is 0 Å². The second kappa shape index (κ2) is 6.69. The van der Waals surface area contributed by atoms with Crippen LogP contribution in [0.4, 0.5) is 0 Å². The predicted octanol–water partition coefficient (Wildman–Crippen LogP) is -0.766. The minimum Gasteiger partial charge on any atom is -0.301 e. The molecule has 0 N–H and O–H groups in total. The van der Waals surface area contributed by atoms with E-state index in [0.717, 1.165) is 6.42 Å². The molecule has 0 amide bonds. The van der Waals surface area contributed by atoms with Crippen molar-refractivity contribution in [3.8, 4) is 0 Å². The number of hydrogen-bond acceptors (Lipinski definition) is 5. The highest BCUT2D eigenvalue weighted by atomic mass is 32.2. The molecule has 0 aliphatic carbocycles. The monoisotopic (exact) mass is 327 g/mol. The summed E-state index contributed by atoms with van der Waals surface area (Å²) in [5.74, 6) is 0.0957. The van der Waals surface area contributed by atoms with Crippen molar-refractivity contribution in [2.24, 2.45) is 0 Å². The molecule has 0 spiro atoms. The van der Waals surface area contributed by atoms with Crippen LogP contribution in [0, 0.1) is 0 Å². The van der Waals surface area contributed by atoms with Gasteiger partial charge in [-0.25, -0.2) is 25.4 Å². The second-order valence-corrected chi connectivity index (χ2v) is 9.61. The van der Waals surface area contributed by atoms with Crippen LogP contribution in [0.15, 0.2) is 0 Å². The zero-order chi connectivity index (χ0) is 15.6. The van der Waals surface area contributed by atoms with Gasteiger partial charge < -0.3 is 4.90 Å². The molecule has 9 heteroatoms. The van der Waals surface area contributed by atoms with Gasteiger partial charge in [0, 0.05) is 39.3 Å². The normalized spacial score (nSPS) is 22.0. The zero-order valence-electron chi connectivity index (χ0n) is 12.6. The Balaban J connectivity index is 2.48. The molecule has 120 valence electrons. The molecule has 0 aromatic rings. The van der Waals surface area contributed by atoms with E-state index in [9.17, 15) is 16.8 Å². The molecule has 0 aromatic carbocycles. The molecular formula is C11H25N3O4S2. The summed E-state index contributed by atoms with van der Waals surface area (Å²) in [6, 6.07) is 0.155. The van der Waals surface area contributed by atoms with Crippen molar-refractivity contribution < 1.29 is 16.8 Å². The first-order valence-corrected chi connectivity index (χ1v) is 10.1. The van der Waals surface area contributed by atoms with Gasteiger partial charge in [-0.2, -0.15) is 0 Å². The first-order valence-electron chi connectivity index (χ1n) is 6.67. The van der Waals surface area contributed by atoms with Crippen LogP contribution in [-0.2, 0) is 20.0 Å². The maximum absolute atomic E-state index is 11.6. The SMILES string of the molecule is CCS(=O)(=O)N(C)CCN(C)[C@@H]1CCN(S(C)(=O)=O)C1. The lowest BCUT2D eigenvalue weighted by Crippen LogP contribution is -2.41. The van der Waals surface area contributed by atoms with Crippen molar-refractivity contribution in [2.75, 3.05) is 52.3 Å². The molecule has 1 aliphatic rings. The van der Waals surface area contributed by atoms with Crippen LogP contribution in [-0.4, -0.2) is 88.7 Å². The Morgan fingerprint density at radius 2 is 1.75 bits per heavy atom. The molecule has 0 saturated carbocycles. The van der Waals surface area contributed by atoms with E-state index < -0.39 is 20.0 Å². The maximum Gasteiger partial charge on any atom is 0.213 e. The first kappa shape index (κ1) is 17.8. The molecule has 1 heterocycles. The fourth-order valence-electron chi connectivity index (χ4n) is 2.21. The summed E-state index contributed by atoms with van der Waals surface area (Å²) in [4.78, 5) is 2.03. The Hall–Kier alpha value is -0.220. The quantitative estimate of drug-likeness (QED) is 0.614. The molecule has 1 atom stereocenters.